The van der Waals surface area contributed by atoms with E-state index in [9.17, 15) is 4.79 Å². The third-order valence-electron chi connectivity index (χ3n) is 4.25. The zero-order valence-corrected chi connectivity index (χ0v) is 12.5. The number of benzene rings is 2. The number of nitrogens with zero attached hydrogens (tertiary/aromatic N) is 1. The van der Waals surface area contributed by atoms with Gasteiger partial charge in [-0.05, 0) is 49.6 Å². The Balaban J connectivity index is 1.83. The summed E-state index contributed by atoms with van der Waals surface area (Å²) in [4.78, 5) is 14.6. The number of carbonyl (C=O) groups is 1. The van der Waals surface area contributed by atoms with Crippen molar-refractivity contribution >= 4 is 17.3 Å². The summed E-state index contributed by atoms with van der Waals surface area (Å²) in [5, 5.41) is 0. The van der Waals surface area contributed by atoms with Crippen LogP contribution in [0.4, 0.5) is 11.4 Å². The van der Waals surface area contributed by atoms with E-state index < -0.39 is 5.41 Å². The van der Waals surface area contributed by atoms with Crippen LogP contribution in [-0.4, -0.2) is 12.5 Å². The second-order valence-electron chi connectivity index (χ2n) is 6.09. The molecule has 21 heavy (non-hydrogen) atoms. The Kier molecular flexibility index (Phi) is 3.20. The van der Waals surface area contributed by atoms with Gasteiger partial charge < -0.3 is 10.6 Å². The molecule has 0 radical (unpaired) electrons. The van der Waals surface area contributed by atoms with E-state index in [1.54, 1.807) is 0 Å². The predicted octanol–water partition coefficient (Wildman–Crippen LogP) is 3.14. The minimum Gasteiger partial charge on any atom is -0.399 e. The summed E-state index contributed by atoms with van der Waals surface area (Å²) < 4.78 is 0. The van der Waals surface area contributed by atoms with Gasteiger partial charge in [0.1, 0.15) is 0 Å². The molecule has 1 aliphatic rings. The number of nitrogens with two attached hydrogens (primary N) is 1. The van der Waals surface area contributed by atoms with Gasteiger partial charge in [-0.1, -0.05) is 30.3 Å². The van der Waals surface area contributed by atoms with Gasteiger partial charge in [-0.2, -0.15) is 0 Å². The van der Waals surface area contributed by atoms with Crippen LogP contribution in [0.25, 0.3) is 0 Å². The van der Waals surface area contributed by atoms with Gasteiger partial charge in [0.15, 0.2) is 0 Å². The van der Waals surface area contributed by atoms with Gasteiger partial charge in [0.25, 0.3) is 0 Å². The quantitative estimate of drug-likeness (QED) is 0.878. The number of amides is 1. The molecular weight excluding hydrogens is 260 g/mol. The fraction of sp³-hybridized carbons (Fsp3) is 0.278. The van der Waals surface area contributed by atoms with Crippen LogP contribution in [0, 0.1) is 0 Å². The second-order valence-corrected chi connectivity index (χ2v) is 6.09. The Labute approximate surface area is 125 Å². The van der Waals surface area contributed by atoms with Gasteiger partial charge in [-0.25, -0.2) is 0 Å². The second kappa shape index (κ2) is 4.92. The molecule has 1 aliphatic heterocycles. The van der Waals surface area contributed by atoms with Crippen molar-refractivity contribution in [2.24, 2.45) is 0 Å². The number of rotatable bonds is 3. The molecule has 3 rings (SSSR count). The smallest absolute Gasteiger partial charge is 0.237 e. The third kappa shape index (κ3) is 2.29. The number of anilines is 2. The molecular formula is C18H20N2O. The summed E-state index contributed by atoms with van der Waals surface area (Å²) in [5.41, 5.74) is 9.39. The van der Waals surface area contributed by atoms with Crippen LogP contribution < -0.4 is 10.6 Å². The molecule has 3 nitrogen and oxygen atoms in total. The number of para-hydroxylation sites is 1. The van der Waals surface area contributed by atoms with Crippen LogP contribution in [-0.2, 0) is 16.6 Å². The minimum atomic E-state index is -0.433. The molecule has 0 bridgehead atoms. The van der Waals surface area contributed by atoms with Crippen molar-refractivity contribution in [3.63, 3.8) is 0 Å². The number of fused-ring (bicyclic) bond motifs is 1. The Hall–Kier alpha value is -2.29. The topological polar surface area (TPSA) is 46.3 Å². The van der Waals surface area contributed by atoms with Crippen molar-refractivity contribution in [3.05, 3.63) is 59.7 Å². The van der Waals surface area contributed by atoms with E-state index in [0.717, 1.165) is 23.4 Å². The molecule has 2 aromatic carbocycles. The van der Waals surface area contributed by atoms with Gasteiger partial charge in [-0.15, -0.1) is 0 Å². The van der Waals surface area contributed by atoms with Crippen LogP contribution >= 0.6 is 0 Å². The maximum absolute atomic E-state index is 12.7. The summed E-state index contributed by atoms with van der Waals surface area (Å²) in [6, 6.07) is 15.9. The number of nitrogen functional groups attached to an aromatic ring is 1. The zero-order chi connectivity index (χ0) is 15.0. The highest BCUT2D eigenvalue weighted by Crippen LogP contribution is 2.41. The van der Waals surface area contributed by atoms with E-state index in [0.29, 0.717) is 6.54 Å². The van der Waals surface area contributed by atoms with Gasteiger partial charge >= 0.3 is 0 Å². The van der Waals surface area contributed by atoms with Crippen molar-refractivity contribution in [2.45, 2.75) is 25.7 Å². The standard InChI is InChI=1S/C18H20N2O/c1-18(2)15-5-3-4-6-16(15)20(17(18)21)12-11-13-7-9-14(19)10-8-13/h3-10H,11-12,19H2,1-2H3. The Bertz CT molecular complexity index is 674. The highest BCUT2D eigenvalue weighted by Gasteiger charge is 2.43. The lowest BCUT2D eigenvalue weighted by Crippen LogP contribution is -2.37. The summed E-state index contributed by atoms with van der Waals surface area (Å²) in [5.74, 6) is 0.180. The lowest BCUT2D eigenvalue weighted by Gasteiger charge is -2.20. The molecule has 1 heterocycles. The lowest BCUT2D eigenvalue weighted by atomic mass is 9.86. The SMILES string of the molecule is CC1(C)C(=O)N(CCc2ccc(N)cc2)c2ccccc21. The molecule has 2 aromatic rings. The van der Waals surface area contributed by atoms with Crippen LogP contribution in [0.15, 0.2) is 48.5 Å². The Morgan fingerprint density at radius 1 is 1.05 bits per heavy atom. The average molecular weight is 280 g/mol. The molecule has 0 unspecified atom stereocenters. The van der Waals surface area contributed by atoms with Gasteiger partial charge in [0.2, 0.25) is 5.91 Å². The first-order chi connectivity index (χ1) is 10.00. The van der Waals surface area contributed by atoms with E-state index >= 15 is 0 Å². The van der Waals surface area contributed by atoms with Crippen LogP contribution in [0.5, 0.6) is 0 Å². The van der Waals surface area contributed by atoms with Crippen molar-refractivity contribution in [2.75, 3.05) is 17.2 Å². The third-order valence-corrected chi connectivity index (χ3v) is 4.25. The van der Waals surface area contributed by atoms with Gasteiger partial charge in [0, 0.05) is 17.9 Å². The molecule has 0 atom stereocenters. The maximum atomic E-state index is 12.7. The molecule has 2 N–H and O–H groups in total. The van der Waals surface area contributed by atoms with E-state index in [2.05, 4.69) is 6.07 Å². The summed E-state index contributed by atoms with van der Waals surface area (Å²) in [7, 11) is 0. The molecule has 1 amide bonds. The Morgan fingerprint density at radius 3 is 2.43 bits per heavy atom. The summed E-state index contributed by atoms with van der Waals surface area (Å²) in [6.07, 6.45) is 0.830. The van der Waals surface area contributed by atoms with Crippen LogP contribution in [0.1, 0.15) is 25.0 Å². The number of carbonyl (C=O) groups excluding carboxylic acids is 1. The van der Waals surface area contributed by atoms with Crippen LogP contribution in [0.2, 0.25) is 0 Å². The molecule has 0 aliphatic carbocycles. The zero-order valence-electron chi connectivity index (χ0n) is 12.5. The maximum Gasteiger partial charge on any atom is 0.237 e. The first-order valence-corrected chi connectivity index (χ1v) is 7.26. The molecule has 0 aromatic heterocycles. The monoisotopic (exact) mass is 280 g/mol. The molecule has 0 fully saturated rings. The number of hydrogen-bond donors (Lipinski definition) is 1. The highest BCUT2D eigenvalue weighted by atomic mass is 16.2. The van der Waals surface area contributed by atoms with Crippen LogP contribution in [0.3, 0.4) is 0 Å². The highest BCUT2D eigenvalue weighted by molar-refractivity contribution is 6.07. The number of hydrogen-bond acceptors (Lipinski definition) is 2. The van der Waals surface area contributed by atoms with Gasteiger partial charge in [0.05, 0.1) is 5.41 Å². The molecule has 0 saturated carbocycles. The molecule has 3 heteroatoms. The minimum absolute atomic E-state index is 0.180. The fourth-order valence-corrected chi connectivity index (χ4v) is 2.95. The van der Waals surface area contributed by atoms with Crippen molar-refractivity contribution in [1.82, 2.24) is 0 Å². The van der Waals surface area contributed by atoms with E-state index in [1.165, 1.54) is 5.56 Å². The average Bonchev–Trinajstić information content (AvgIpc) is 2.67. The summed E-state index contributed by atoms with van der Waals surface area (Å²) in [6.45, 7) is 4.69. The van der Waals surface area contributed by atoms with E-state index in [-0.39, 0.29) is 5.91 Å². The molecule has 0 saturated heterocycles. The van der Waals surface area contributed by atoms with Crippen molar-refractivity contribution in [1.29, 1.82) is 0 Å². The molecule has 108 valence electrons. The van der Waals surface area contributed by atoms with E-state index in [1.807, 2.05) is 61.2 Å². The first-order valence-electron chi connectivity index (χ1n) is 7.26. The lowest BCUT2D eigenvalue weighted by molar-refractivity contribution is -0.122. The van der Waals surface area contributed by atoms with Crippen molar-refractivity contribution < 1.29 is 4.79 Å². The van der Waals surface area contributed by atoms with Crippen molar-refractivity contribution in [3.8, 4) is 0 Å². The predicted molar refractivity (Wildman–Crippen MR) is 86.4 cm³/mol. The Morgan fingerprint density at radius 2 is 1.71 bits per heavy atom. The fourth-order valence-electron chi connectivity index (χ4n) is 2.95. The molecule has 0 spiro atoms. The largest absolute Gasteiger partial charge is 0.399 e. The van der Waals surface area contributed by atoms with E-state index in [4.69, 9.17) is 5.73 Å². The summed E-state index contributed by atoms with van der Waals surface area (Å²) >= 11 is 0. The normalized spacial score (nSPS) is 16.1. The first kappa shape index (κ1) is 13.7. The van der Waals surface area contributed by atoms with Gasteiger partial charge in [-0.3, -0.25) is 4.79 Å².